The Morgan fingerprint density at radius 2 is 1.74 bits per heavy atom. The second-order valence-electron chi connectivity index (χ2n) is 8.62. The molecule has 0 saturated heterocycles. The minimum Gasteiger partial charge on any atom is -0.293 e. The van der Waals surface area contributed by atoms with E-state index in [1.54, 1.807) is 16.0 Å². The fraction of sp³-hybridized carbons (Fsp3) is 0.154. The molecule has 0 aliphatic heterocycles. The first-order chi connectivity index (χ1) is 16.4. The third-order valence-electron chi connectivity index (χ3n) is 6.01. The van der Waals surface area contributed by atoms with Crippen molar-refractivity contribution >= 4 is 32.5 Å². The number of aryl methyl sites for hydroxylation is 4. The van der Waals surface area contributed by atoms with E-state index in [1.165, 1.54) is 10.2 Å². The molecule has 0 amide bonds. The molecule has 8 heteroatoms. The molecule has 0 saturated carbocycles. The highest BCUT2D eigenvalue weighted by Gasteiger charge is 2.22. The third-order valence-corrected chi connectivity index (χ3v) is 7.01. The molecule has 4 aromatic heterocycles. The van der Waals surface area contributed by atoms with E-state index < -0.39 is 0 Å². The molecule has 0 spiro atoms. The number of H-pyrrole nitrogens is 1. The number of nitrogens with zero attached hydrogens (tertiary/aromatic N) is 5. The van der Waals surface area contributed by atoms with Crippen LogP contribution in [0.3, 0.4) is 0 Å². The Bertz CT molecular complexity index is 1780. The molecule has 0 radical (unpaired) electrons. The number of aromatic amines is 1. The van der Waals surface area contributed by atoms with Gasteiger partial charge in [0.05, 0.1) is 32.7 Å². The Kier molecular flexibility index (Phi) is 4.53. The lowest BCUT2D eigenvalue weighted by molar-refractivity contribution is 0.810. The van der Waals surface area contributed by atoms with Crippen LogP contribution in [0.1, 0.15) is 22.5 Å². The van der Waals surface area contributed by atoms with E-state index in [-0.39, 0.29) is 5.56 Å². The van der Waals surface area contributed by atoms with E-state index in [0.29, 0.717) is 17.1 Å². The maximum absolute atomic E-state index is 13.7. The van der Waals surface area contributed by atoms with Gasteiger partial charge in [0.2, 0.25) is 5.13 Å². The fourth-order valence-corrected chi connectivity index (χ4v) is 5.42. The van der Waals surface area contributed by atoms with Gasteiger partial charge in [0.15, 0.2) is 5.82 Å². The Morgan fingerprint density at radius 1 is 0.912 bits per heavy atom. The first-order valence-electron chi connectivity index (χ1n) is 11.0. The summed E-state index contributed by atoms with van der Waals surface area (Å²) in [5, 5.41) is 9.71. The summed E-state index contributed by atoms with van der Waals surface area (Å²) in [5.41, 5.74) is 6.68. The predicted octanol–water partition coefficient (Wildman–Crippen LogP) is 5.41. The van der Waals surface area contributed by atoms with E-state index in [9.17, 15) is 4.79 Å². The third kappa shape index (κ3) is 3.18. The Morgan fingerprint density at radius 3 is 2.59 bits per heavy atom. The standard InChI is InChI=1S/C26H22N6OS/c1-14-9-10-20-22(11-14)34-26(28-20)31-21(13-16(3)29-31)24-17(4)30-32(25(24)33)23-12-15(2)18-7-5-6-8-19(18)27-23/h5-13,30H,1-4H3. The van der Waals surface area contributed by atoms with Gasteiger partial charge >= 0.3 is 0 Å². The van der Waals surface area contributed by atoms with E-state index in [1.807, 2.05) is 63.2 Å². The smallest absolute Gasteiger partial charge is 0.282 e. The van der Waals surface area contributed by atoms with Crippen molar-refractivity contribution in [1.29, 1.82) is 0 Å². The average molecular weight is 467 g/mol. The number of pyridine rings is 1. The number of rotatable bonds is 3. The molecule has 2 aromatic carbocycles. The van der Waals surface area contributed by atoms with Gasteiger partial charge in [0.1, 0.15) is 0 Å². The molecule has 4 heterocycles. The molecule has 0 aliphatic carbocycles. The van der Waals surface area contributed by atoms with Crippen molar-refractivity contribution in [3.63, 3.8) is 0 Å². The number of hydrogen-bond acceptors (Lipinski definition) is 5. The number of fused-ring (bicyclic) bond motifs is 2. The zero-order chi connectivity index (χ0) is 23.6. The van der Waals surface area contributed by atoms with Crippen LogP contribution in [0.25, 0.3) is 43.3 Å². The predicted molar refractivity (Wildman–Crippen MR) is 136 cm³/mol. The lowest BCUT2D eigenvalue weighted by Gasteiger charge is -2.06. The minimum atomic E-state index is -0.169. The molecule has 0 aliphatic rings. The highest BCUT2D eigenvalue weighted by atomic mass is 32.1. The molecule has 0 fully saturated rings. The Labute approximate surface area is 199 Å². The summed E-state index contributed by atoms with van der Waals surface area (Å²) in [6.45, 7) is 7.92. The van der Waals surface area contributed by atoms with Crippen molar-refractivity contribution in [3.05, 3.63) is 87.5 Å². The molecule has 0 atom stereocenters. The highest BCUT2D eigenvalue weighted by molar-refractivity contribution is 7.20. The van der Waals surface area contributed by atoms with Gasteiger partial charge in [-0.25, -0.2) is 19.3 Å². The zero-order valence-corrected chi connectivity index (χ0v) is 20.1. The largest absolute Gasteiger partial charge is 0.293 e. The van der Waals surface area contributed by atoms with Crippen LogP contribution >= 0.6 is 11.3 Å². The number of para-hydroxylation sites is 1. The van der Waals surface area contributed by atoms with Crippen LogP contribution in [-0.4, -0.2) is 29.5 Å². The number of hydrogen-bond donors (Lipinski definition) is 1. The summed E-state index contributed by atoms with van der Waals surface area (Å²) in [6.07, 6.45) is 0. The maximum atomic E-state index is 13.7. The van der Waals surface area contributed by atoms with Crippen LogP contribution in [0.15, 0.2) is 59.4 Å². The van der Waals surface area contributed by atoms with E-state index >= 15 is 0 Å². The monoisotopic (exact) mass is 466 g/mol. The van der Waals surface area contributed by atoms with Gasteiger partial charge < -0.3 is 0 Å². The van der Waals surface area contributed by atoms with Gasteiger partial charge in [0, 0.05) is 11.1 Å². The van der Waals surface area contributed by atoms with Crippen molar-refractivity contribution in [2.75, 3.05) is 0 Å². The van der Waals surface area contributed by atoms with Gasteiger partial charge in [-0.1, -0.05) is 35.6 Å². The van der Waals surface area contributed by atoms with Gasteiger partial charge in [-0.2, -0.15) is 5.10 Å². The molecule has 168 valence electrons. The van der Waals surface area contributed by atoms with Gasteiger partial charge in [-0.3, -0.25) is 9.89 Å². The van der Waals surface area contributed by atoms with Crippen molar-refractivity contribution in [2.45, 2.75) is 27.7 Å². The first-order valence-corrected chi connectivity index (χ1v) is 11.8. The molecule has 6 aromatic rings. The lowest BCUT2D eigenvalue weighted by Crippen LogP contribution is -2.18. The first kappa shape index (κ1) is 20.6. The second kappa shape index (κ2) is 7.50. The van der Waals surface area contributed by atoms with Crippen LogP contribution in [0, 0.1) is 27.7 Å². The Hall–Kier alpha value is -4.04. The normalized spacial score (nSPS) is 11.6. The quantitative estimate of drug-likeness (QED) is 0.378. The minimum absolute atomic E-state index is 0.169. The van der Waals surface area contributed by atoms with E-state index in [4.69, 9.17) is 9.97 Å². The SMILES string of the molecule is Cc1ccc2nc(-n3nc(C)cc3-c3c(C)[nH]n(-c4cc(C)c5ccccc5n4)c3=O)sc2c1. The van der Waals surface area contributed by atoms with Crippen molar-refractivity contribution in [3.8, 4) is 22.2 Å². The summed E-state index contributed by atoms with van der Waals surface area (Å²) in [4.78, 5) is 23.2. The van der Waals surface area contributed by atoms with Crippen molar-refractivity contribution in [1.82, 2.24) is 29.5 Å². The summed E-state index contributed by atoms with van der Waals surface area (Å²) in [7, 11) is 0. The molecular weight excluding hydrogens is 444 g/mol. The van der Waals surface area contributed by atoms with Gasteiger partial charge in [-0.15, -0.1) is 0 Å². The summed E-state index contributed by atoms with van der Waals surface area (Å²) in [6, 6.07) is 18.0. The summed E-state index contributed by atoms with van der Waals surface area (Å²) in [5.74, 6) is 0.564. The van der Waals surface area contributed by atoms with Crippen molar-refractivity contribution in [2.24, 2.45) is 0 Å². The summed E-state index contributed by atoms with van der Waals surface area (Å²) >= 11 is 1.56. The summed E-state index contributed by atoms with van der Waals surface area (Å²) < 4.78 is 4.38. The molecule has 7 nitrogen and oxygen atoms in total. The number of thiazole rings is 1. The maximum Gasteiger partial charge on any atom is 0.282 e. The number of benzene rings is 2. The van der Waals surface area contributed by atoms with E-state index in [0.717, 1.165) is 43.2 Å². The van der Waals surface area contributed by atoms with Crippen LogP contribution in [0.4, 0.5) is 0 Å². The molecule has 0 unspecified atom stereocenters. The van der Waals surface area contributed by atoms with Crippen LogP contribution < -0.4 is 5.56 Å². The van der Waals surface area contributed by atoms with Crippen LogP contribution in [0.2, 0.25) is 0 Å². The van der Waals surface area contributed by atoms with E-state index in [2.05, 4.69) is 29.3 Å². The molecule has 34 heavy (non-hydrogen) atoms. The van der Waals surface area contributed by atoms with Crippen LogP contribution in [-0.2, 0) is 0 Å². The number of nitrogens with one attached hydrogen (secondary N) is 1. The molecule has 1 N–H and O–H groups in total. The van der Waals surface area contributed by atoms with Crippen LogP contribution in [0.5, 0.6) is 0 Å². The lowest BCUT2D eigenvalue weighted by atomic mass is 10.1. The fourth-order valence-electron chi connectivity index (χ4n) is 4.39. The van der Waals surface area contributed by atoms with Crippen molar-refractivity contribution < 1.29 is 0 Å². The molecule has 0 bridgehead atoms. The highest BCUT2D eigenvalue weighted by Crippen LogP contribution is 2.30. The topological polar surface area (TPSA) is 81.4 Å². The zero-order valence-electron chi connectivity index (χ0n) is 19.2. The second-order valence-corrected chi connectivity index (χ2v) is 9.63. The number of aromatic nitrogens is 6. The van der Waals surface area contributed by atoms with Gasteiger partial charge in [0.25, 0.3) is 5.56 Å². The molecular formula is C26H22N6OS. The average Bonchev–Trinajstić information content (AvgIpc) is 3.48. The van der Waals surface area contributed by atoms with Gasteiger partial charge in [-0.05, 0) is 69.2 Å². The Balaban J connectivity index is 1.53. The molecule has 6 rings (SSSR count).